The third-order valence-electron chi connectivity index (χ3n) is 4.44. The second-order valence-electron chi connectivity index (χ2n) is 6.11. The van der Waals surface area contributed by atoms with E-state index in [9.17, 15) is 4.79 Å². The van der Waals surface area contributed by atoms with E-state index in [0.717, 1.165) is 11.9 Å². The zero-order valence-corrected chi connectivity index (χ0v) is 14.0. The van der Waals surface area contributed by atoms with Crippen molar-refractivity contribution in [2.45, 2.75) is 25.8 Å². The molecule has 1 aromatic heterocycles. The topological polar surface area (TPSA) is 60.5 Å². The highest BCUT2D eigenvalue weighted by atomic mass is 16.5. The molecule has 0 bridgehead atoms. The number of nitrogens with one attached hydrogen (secondary N) is 1. The summed E-state index contributed by atoms with van der Waals surface area (Å²) in [7, 11) is 0. The Labute approximate surface area is 142 Å². The number of hydrogen-bond acceptors (Lipinski definition) is 4. The lowest BCUT2D eigenvalue weighted by Crippen LogP contribution is -2.41. The zero-order chi connectivity index (χ0) is 16.8. The number of pyridine rings is 1. The molecule has 1 N–H and O–H groups in total. The maximum atomic E-state index is 12.0. The normalized spacial score (nSPS) is 20.4. The van der Waals surface area contributed by atoms with Gasteiger partial charge in [0.1, 0.15) is 0 Å². The summed E-state index contributed by atoms with van der Waals surface area (Å²) in [6.07, 6.45) is 3.12. The minimum Gasteiger partial charge on any atom is -0.381 e. The molecule has 0 radical (unpaired) electrons. The molecule has 128 valence electrons. The third-order valence-corrected chi connectivity index (χ3v) is 4.44. The Kier molecular flexibility index (Phi) is 5.77. The Hall–Kier alpha value is -1.98. The molecule has 2 heterocycles. The van der Waals surface area contributed by atoms with E-state index in [-0.39, 0.29) is 17.9 Å². The maximum Gasteiger partial charge on any atom is 0.222 e. The summed E-state index contributed by atoms with van der Waals surface area (Å²) in [6.45, 7) is 4.28. The molecule has 1 fully saturated rings. The predicted molar refractivity (Wildman–Crippen MR) is 92.8 cm³/mol. The van der Waals surface area contributed by atoms with Gasteiger partial charge in [-0.1, -0.05) is 18.2 Å². The number of nitrogens with zero attached hydrogens (tertiary/aromatic N) is 1. The van der Waals surface area contributed by atoms with Crippen molar-refractivity contribution in [3.05, 3.63) is 42.1 Å². The molecule has 2 atom stereocenters. The first-order chi connectivity index (χ1) is 11.8. The summed E-state index contributed by atoms with van der Waals surface area (Å²) >= 11 is 0. The molecule has 24 heavy (non-hydrogen) atoms. The van der Waals surface area contributed by atoms with Crippen LogP contribution in [0.4, 0.5) is 0 Å². The fraction of sp³-hybridized carbons (Fsp3) is 0.474. The van der Waals surface area contributed by atoms with Crippen LogP contribution in [0.1, 0.15) is 18.9 Å². The molecular weight excluding hydrogens is 304 g/mol. The van der Waals surface area contributed by atoms with Gasteiger partial charge >= 0.3 is 0 Å². The van der Waals surface area contributed by atoms with Gasteiger partial charge in [0.15, 0.2) is 0 Å². The van der Waals surface area contributed by atoms with Crippen molar-refractivity contribution in [3.8, 4) is 0 Å². The van der Waals surface area contributed by atoms with Crippen LogP contribution < -0.4 is 5.32 Å². The van der Waals surface area contributed by atoms with Crippen molar-refractivity contribution < 1.29 is 14.3 Å². The smallest absolute Gasteiger partial charge is 0.222 e. The second kappa shape index (κ2) is 8.22. The van der Waals surface area contributed by atoms with Gasteiger partial charge < -0.3 is 14.8 Å². The van der Waals surface area contributed by atoms with Gasteiger partial charge in [0.2, 0.25) is 5.91 Å². The van der Waals surface area contributed by atoms with Crippen molar-refractivity contribution in [2.75, 3.05) is 26.4 Å². The molecular formula is C19H24N2O3. The van der Waals surface area contributed by atoms with E-state index in [0.29, 0.717) is 32.8 Å². The summed E-state index contributed by atoms with van der Waals surface area (Å²) in [6, 6.07) is 10.3. The lowest BCUT2D eigenvalue weighted by atomic mass is 9.93. The Morgan fingerprint density at radius 3 is 3.08 bits per heavy atom. The lowest BCUT2D eigenvalue weighted by molar-refractivity contribution is -0.123. The van der Waals surface area contributed by atoms with Crippen molar-refractivity contribution in [1.82, 2.24) is 10.3 Å². The van der Waals surface area contributed by atoms with Gasteiger partial charge in [-0.25, -0.2) is 0 Å². The van der Waals surface area contributed by atoms with Crippen LogP contribution in [0, 0.1) is 5.92 Å². The number of carbonyl (C=O) groups excluding carboxylic acids is 1. The Bertz CT molecular complexity index is 684. The number of rotatable bonds is 7. The van der Waals surface area contributed by atoms with E-state index in [1.807, 2.05) is 31.3 Å². The summed E-state index contributed by atoms with van der Waals surface area (Å²) in [5.41, 5.74) is 2.26. The van der Waals surface area contributed by atoms with Crippen molar-refractivity contribution in [1.29, 1.82) is 0 Å². The molecule has 0 spiro atoms. The Balaban J connectivity index is 1.64. The van der Waals surface area contributed by atoms with Crippen LogP contribution in [0.15, 0.2) is 36.5 Å². The van der Waals surface area contributed by atoms with Crippen LogP contribution in [0.5, 0.6) is 0 Å². The average Bonchev–Trinajstić information content (AvgIpc) is 3.02. The minimum absolute atomic E-state index is 0.0311. The molecule has 0 unspecified atom stereocenters. The van der Waals surface area contributed by atoms with Gasteiger partial charge in [-0.2, -0.15) is 0 Å². The summed E-state index contributed by atoms with van der Waals surface area (Å²) in [5, 5.41) is 4.27. The predicted octanol–water partition coefficient (Wildman–Crippen LogP) is 2.34. The lowest BCUT2D eigenvalue weighted by Gasteiger charge is -2.20. The number of carbonyl (C=O) groups is 1. The number of benzene rings is 1. The molecule has 1 aliphatic rings. The molecule has 1 aliphatic heterocycles. The number of ether oxygens (including phenoxy) is 2. The highest BCUT2D eigenvalue weighted by Gasteiger charge is 2.29. The van der Waals surface area contributed by atoms with E-state index in [4.69, 9.17) is 9.47 Å². The second-order valence-corrected chi connectivity index (χ2v) is 6.11. The number of amides is 1. The summed E-state index contributed by atoms with van der Waals surface area (Å²) in [5.74, 6) is 0.315. The first kappa shape index (κ1) is 16.9. The van der Waals surface area contributed by atoms with E-state index in [1.165, 1.54) is 10.9 Å². The Morgan fingerprint density at radius 1 is 1.33 bits per heavy atom. The van der Waals surface area contributed by atoms with E-state index >= 15 is 0 Å². The van der Waals surface area contributed by atoms with Crippen molar-refractivity contribution >= 4 is 16.8 Å². The van der Waals surface area contributed by atoms with Crippen molar-refractivity contribution in [2.24, 2.45) is 5.92 Å². The number of para-hydroxylation sites is 1. The Morgan fingerprint density at radius 2 is 2.21 bits per heavy atom. The molecule has 5 nitrogen and oxygen atoms in total. The van der Waals surface area contributed by atoms with Crippen LogP contribution >= 0.6 is 0 Å². The largest absolute Gasteiger partial charge is 0.381 e. The molecule has 2 aromatic rings. The fourth-order valence-corrected chi connectivity index (χ4v) is 3.16. The zero-order valence-electron chi connectivity index (χ0n) is 14.0. The van der Waals surface area contributed by atoms with Crippen LogP contribution in [0.3, 0.4) is 0 Å². The van der Waals surface area contributed by atoms with Crippen LogP contribution in [-0.4, -0.2) is 43.4 Å². The van der Waals surface area contributed by atoms with Crippen LogP contribution in [0.2, 0.25) is 0 Å². The van der Waals surface area contributed by atoms with Gasteiger partial charge in [0, 0.05) is 30.5 Å². The van der Waals surface area contributed by atoms with E-state index in [2.05, 4.69) is 22.4 Å². The highest BCUT2D eigenvalue weighted by Crippen LogP contribution is 2.24. The van der Waals surface area contributed by atoms with Gasteiger partial charge in [0.25, 0.3) is 0 Å². The van der Waals surface area contributed by atoms with Gasteiger partial charge in [0.05, 0.1) is 31.4 Å². The first-order valence-electron chi connectivity index (χ1n) is 8.55. The summed E-state index contributed by atoms with van der Waals surface area (Å²) < 4.78 is 10.9. The maximum absolute atomic E-state index is 12.0. The standard InChI is InChI=1S/C19H24N2O3/c1-2-23-10-8-19(22)21-18-13-24-12-15(18)11-14-7-9-20-17-6-4-3-5-16(14)17/h3-7,9,15,18H,2,8,10-13H2,1H3,(H,21,22)/t15-,18-/m1/s1. The van der Waals surface area contributed by atoms with Crippen LogP contribution in [0.25, 0.3) is 10.9 Å². The molecule has 1 amide bonds. The van der Waals surface area contributed by atoms with Gasteiger partial charge in [-0.05, 0) is 31.0 Å². The number of hydrogen-bond donors (Lipinski definition) is 1. The van der Waals surface area contributed by atoms with E-state index in [1.54, 1.807) is 0 Å². The summed E-state index contributed by atoms with van der Waals surface area (Å²) in [4.78, 5) is 16.4. The van der Waals surface area contributed by atoms with Gasteiger partial charge in [-0.3, -0.25) is 9.78 Å². The van der Waals surface area contributed by atoms with E-state index < -0.39 is 0 Å². The van der Waals surface area contributed by atoms with Crippen LogP contribution in [-0.2, 0) is 20.7 Å². The van der Waals surface area contributed by atoms with Gasteiger partial charge in [-0.15, -0.1) is 0 Å². The molecule has 1 aromatic carbocycles. The minimum atomic E-state index is 0.0311. The SMILES string of the molecule is CCOCCC(=O)N[C@@H]1COC[C@H]1Cc1ccnc2ccccc12. The molecule has 0 saturated carbocycles. The third kappa shape index (κ3) is 4.10. The van der Waals surface area contributed by atoms with Crippen molar-refractivity contribution in [3.63, 3.8) is 0 Å². The first-order valence-corrected chi connectivity index (χ1v) is 8.55. The average molecular weight is 328 g/mol. The number of aromatic nitrogens is 1. The molecule has 1 saturated heterocycles. The monoisotopic (exact) mass is 328 g/mol. The quantitative estimate of drug-likeness (QED) is 0.793. The molecule has 3 rings (SSSR count). The number of fused-ring (bicyclic) bond motifs is 1. The molecule has 0 aliphatic carbocycles. The fourth-order valence-electron chi connectivity index (χ4n) is 3.16. The molecule has 5 heteroatoms. The highest BCUT2D eigenvalue weighted by molar-refractivity contribution is 5.81.